The molecule has 0 spiro atoms. The van der Waals surface area contributed by atoms with Crippen molar-refractivity contribution in [3.8, 4) is 0 Å². The van der Waals surface area contributed by atoms with Crippen LogP contribution in [0.2, 0.25) is 0 Å². The fourth-order valence-corrected chi connectivity index (χ4v) is 2.95. The second kappa shape index (κ2) is 7.21. The second-order valence-corrected chi connectivity index (χ2v) is 6.15. The van der Waals surface area contributed by atoms with Crippen molar-refractivity contribution in [3.63, 3.8) is 0 Å². The van der Waals surface area contributed by atoms with Crippen LogP contribution in [0.15, 0.2) is 0 Å². The van der Waals surface area contributed by atoms with Gasteiger partial charge in [-0.05, 0) is 45.9 Å². The molecule has 1 aliphatic heterocycles. The van der Waals surface area contributed by atoms with E-state index in [0.29, 0.717) is 13.0 Å². The van der Waals surface area contributed by atoms with Crippen LogP contribution in [0.3, 0.4) is 0 Å². The Morgan fingerprint density at radius 2 is 1.88 bits per heavy atom. The van der Waals surface area contributed by atoms with Gasteiger partial charge in [0.2, 0.25) is 10.0 Å². The highest BCUT2D eigenvalue weighted by molar-refractivity contribution is 7.89. The zero-order valence-electron chi connectivity index (χ0n) is 10.0. The van der Waals surface area contributed by atoms with Crippen LogP contribution in [0.4, 0.5) is 0 Å². The second-order valence-electron chi connectivity index (χ2n) is 4.22. The summed E-state index contributed by atoms with van der Waals surface area (Å²) >= 11 is 0. The molecule has 1 rings (SSSR count). The van der Waals surface area contributed by atoms with Gasteiger partial charge in [-0.2, -0.15) is 0 Å². The Hall–Kier alpha value is -0.170. The summed E-state index contributed by atoms with van der Waals surface area (Å²) in [4.78, 5) is 2.30. The molecule has 1 heterocycles. The van der Waals surface area contributed by atoms with Gasteiger partial charge in [0.25, 0.3) is 0 Å². The zero-order valence-corrected chi connectivity index (χ0v) is 10.9. The molecule has 2 N–H and O–H groups in total. The van der Waals surface area contributed by atoms with Crippen molar-refractivity contribution >= 4 is 10.0 Å². The molecular weight excluding hydrogens is 226 g/mol. The lowest BCUT2D eigenvalue weighted by Crippen LogP contribution is -2.35. The van der Waals surface area contributed by atoms with E-state index < -0.39 is 10.0 Å². The summed E-state index contributed by atoms with van der Waals surface area (Å²) in [7, 11) is -1.24. The Morgan fingerprint density at radius 3 is 2.50 bits per heavy atom. The van der Waals surface area contributed by atoms with Gasteiger partial charge in [-0.25, -0.2) is 13.1 Å². The highest BCUT2D eigenvalue weighted by Gasteiger charge is 2.13. The molecule has 0 aromatic rings. The van der Waals surface area contributed by atoms with Gasteiger partial charge in [-0.15, -0.1) is 0 Å². The van der Waals surface area contributed by atoms with E-state index in [4.69, 9.17) is 0 Å². The molecule has 96 valence electrons. The Bertz CT molecular complexity index is 274. The summed E-state index contributed by atoms with van der Waals surface area (Å²) in [6.45, 7) is 4.35. The largest absolute Gasteiger partial charge is 0.320 e. The molecule has 0 bridgehead atoms. The predicted octanol–water partition coefficient (Wildman–Crippen LogP) is -0.389. The zero-order chi connectivity index (χ0) is 11.9. The molecule has 0 saturated carbocycles. The van der Waals surface area contributed by atoms with Crippen LogP contribution in [0.5, 0.6) is 0 Å². The molecule has 0 aliphatic carbocycles. The minimum Gasteiger partial charge on any atom is -0.320 e. The maximum Gasteiger partial charge on any atom is 0.211 e. The monoisotopic (exact) mass is 249 g/mol. The first-order valence-electron chi connectivity index (χ1n) is 5.98. The topological polar surface area (TPSA) is 61.4 Å². The SMILES string of the molecule is CNCCCS(=O)(=O)NCCN1CCCC1. The third-order valence-corrected chi connectivity index (χ3v) is 4.26. The lowest BCUT2D eigenvalue weighted by molar-refractivity contribution is 0.344. The lowest BCUT2D eigenvalue weighted by Gasteiger charge is -2.14. The lowest BCUT2D eigenvalue weighted by atomic mass is 10.4. The summed E-state index contributed by atoms with van der Waals surface area (Å²) in [6.07, 6.45) is 3.15. The quantitative estimate of drug-likeness (QED) is 0.575. The molecule has 0 atom stereocenters. The van der Waals surface area contributed by atoms with Crippen LogP contribution in [0.1, 0.15) is 19.3 Å². The minimum absolute atomic E-state index is 0.216. The van der Waals surface area contributed by atoms with E-state index in [1.165, 1.54) is 12.8 Å². The number of hydrogen-bond acceptors (Lipinski definition) is 4. The molecule has 1 aliphatic rings. The third-order valence-electron chi connectivity index (χ3n) is 2.79. The number of likely N-dealkylation sites (tertiary alicyclic amines) is 1. The van der Waals surface area contributed by atoms with Crippen molar-refractivity contribution < 1.29 is 8.42 Å². The van der Waals surface area contributed by atoms with Gasteiger partial charge < -0.3 is 10.2 Å². The molecule has 16 heavy (non-hydrogen) atoms. The van der Waals surface area contributed by atoms with Crippen molar-refractivity contribution in [1.82, 2.24) is 14.9 Å². The minimum atomic E-state index is -3.06. The van der Waals surface area contributed by atoms with Crippen molar-refractivity contribution in [2.45, 2.75) is 19.3 Å². The van der Waals surface area contributed by atoms with Crippen LogP contribution >= 0.6 is 0 Å². The maximum atomic E-state index is 11.5. The number of rotatable bonds is 8. The van der Waals surface area contributed by atoms with Gasteiger partial charge in [0.15, 0.2) is 0 Å². The third kappa shape index (κ3) is 5.79. The molecule has 0 aromatic heterocycles. The normalized spacial score (nSPS) is 18.1. The van der Waals surface area contributed by atoms with Crippen LogP contribution in [0.25, 0.3) is 0 Å². The highest BCUT2D eigenvalue weighted by atomic mass is 32.2. The van der Waals surface area contributed by atoms with Crippen LogP contribution < -0.4 is 10.0 Å². The summed E-state index contributed by atoms with van der Waals surface area (Å²) < 4.78 is 25.7. The van der Waals surface area contributed by atoms with Gasteiger partial charge in [0.05, 0.1) is 5.75 Å². The Labute approximate surface area is 98.6 Å². The first kappa shape index (κ1) is 13.9. The van der Waals surface area contributed by atoms with Crippen LogP contribution in [0, 0.1) is 0 Å². The summed E-state index contributed by atoms with van der Waals surface area (Å²) in [5.74, 6) is 0.216. The van der Waals surface area contributed by atoms with Crippen molar-refractivity contribution in [2.24, 2.45) is 0 Å². The predicted molar refractivity (Wildman–Crippen MR) is 66.0 cm³/mol. The molecule has 0 amide bonds. The smallest absolute Gasteiger partial charge is 0.211 e. The number of nitrogens with one attached hydrogen (secondary N) is 2. The average molecular weight is 249 g/mol. The Kier molecular flexibility index (Phi) is 6.26. The van der Waals surface area contributed by atoms with Crippen LogP contribution in [-0.4, -0.2) is 58.8 Å². The van der Waals surface area contributed by atoms with E-state index in [2.05, 4.69) is 14.9 Å². The fraction of sp³-hybridized carbons (Fsp3) is 1.00. The number of sulfonamides is 1. The van der Waals surface area contributed by atoms with E-state index in [0.717, 1.165) is 26.2 Å². The van der Waals surface area contributed by atoms with Gasteiger partial charge in [-0.1, -0.05) is 0 Å². The summed E-state index contributed by atoms with van der Waals surface area (Å²) in [5, 5.41) is 2.94. The molecule has 1 saturated heterocycles. The summed E-state index contributed by atoms with van der Waals surface area (Å²) in [5.41, 5.74) is 0. The van der Waals surface area contributed by atoms with Crippen molar-refractivity contribution in [1.29, 1.82) is 0 Å². The first-order chi connectivity index (χ1) is 7.64. The van der Waals surface area contributed by atoms with Crippen LogP contribution in [-0.2, 0) is 10.0 Å². The number of nitrogens with zero attached hydrogens (tertiary/aromatic N) is 1. The number of hydrogen-bond donors (Lipinski definition) is 2. The van der Waals surface area contributed by atoms with Gasteiger partial charge in [0, 0.05) is 13.1 Å². The molecular formula is C10H23N3O2S. The van der Waals surface area contributed by atoms with E-state index in [1.807, 2.05) is 7.05 Å². The van der Waals surface area contributed by atoms with Crippen molar-refractivity contribution in [3.05, 3.63) is 0 Å². The Morgan fingerprint density at radius 1 is 1.19 bits per heavy atom. The summed E-state index contributed by atoms with van der Waals surface area (Å²) in [6, 6.07) is 0. The average Bonchev–Trinajstić information content (AvgIpc) is 2.70. The molecule has 6 heteroatoms. The molecule has 0 unspecified atom stereocenters. The molecule has 1 fully saturated rings. The van der Waals surface area contributed by atoms with Gasteiger partial charge >= 0.3 is 0 Å². The van der Waals surface area contributed by atoms with E-state index >= 15 is 0 Å². The van der Waals surface area contributed by atoms with E-state index in [9.17, 15) is 8.42 Å². The molecule has 5 nitrogen and oxygen atoms in total. The van der Waals surface area contributed by atoms with E-state index in [-0.39, 0.29) is 5.75 Å². The highest BCUT2D eigenvalue weighted by Crippen LogP contribution is 2.05. The first-order valence-corrected chi connectivity index (χ1v) is 7.63. The fourth-order valence-electron chi connectivity index (χ4n) is 1.88. The van der Waals surface area contributed by atoms with Crippen molar-refractivity contribution in [2.75, 3.05) is 45.5 Å². The maximum absolute atomic E-state index is 11.5. The van der Waals surface area contributed by atoms with E-state index in [1.54, 1.807) is 0 Å². The Balaban J connectivity index is 2.09. The van der Waals surface area contributed by atoms with Gasteiger partial charge in [-0.3, -0.25) is 0 Å². The molecule has 0 aromatic carbocycles. The molecule has 0 radical (unpaired) electrons. The standard InChI is InChI=1S/C10H23N3O2S/c1-11-5-4-10-16(14,15)12-6-9-13-7-2-3-8-13/h11-12H,2-10H2,1H3. The van der Waals surface area contributed by atoms with Gasteiger partial charge in [0.1, 0.15) is 0 Å².